The summed E-state index contributed by atoms with van der Waals surface area (Å²) in [6.07, 6.45) is 0. The van der Waals surface area contributed by atoms with Crippen molar-refractivity contribution in [2.24, 2.45) is 0 Å². The van der Waals surface area contributed by atoms with Crippen LogP contribution in [0.4, 0.5) is 14.5 Å². The zero-order valence-electron chi connectivity index (χ0n) is 14.4. The molecule has 0 fully saturated rings. The minimum absolute atomic E-state index is 0.408. The van der Waals surface area contributed by atoms with Crippen LogP contribution in [0.1, 0.15) is 23.6 Å². The molecule has 0 aromatic heterocycles. The molecule has 0 saturated carbocycles. The van der Waals surface area contributed by atoms with Gasteiger partial charge in [-0.3, -0.25) is 9.69 Å². The van der Waals surface area contributed by atoms with Crippen molar-refractivity contribution in [1.82, 2.24) is 4.90 Å². The maximum absolute atomic E-state index is 13.6. The highest BCUT2D eigenvalue weighted by Crippen LogP contribution is 2.19. The lowest BCUT2D eigenvalue weighted by molar-refractivity contribution is -0.120. The maximum Gasteiger partial charge on any atom is 0.241 e. The van der Waals surface area contributed by atoms with E-state index in [1.807, 2.05) is 30.9 Å². The number of aryl methyl sites for hydroxylation is 2. The van der Waals surface area contributed by atoms with E-state index in [9.17, 15) is 13.6 Å². The van der Waals surface area contributed by atoms with E-state index >= 15 is 0 Å². The molecule has 1 amide bonds. The van der Waals surface area contributed by atoms with Crippen molar-refractivity contribution >= 4 is 11.6 Å². The first kappa shape index (κ1) is 18.1. The smallest absolute Gasteiger partial charge is 0.241 e. The zero-order chi connectivity index (χ0) is 17.9. The summed E-state index contributed by atoms with van der Waals surface area (Å²) >= 11 is 0. The molecule has 2 rings (SSSR count). The molecule has 0 bridgehead atoms. The Kier molecular flexibility index (Phi) is 5.67. The Bertz CT molecular complexity index is 726. The van der Waals surface area contributed by atoms with Crippen molar-refractivity contribution in [1.29, 1.82) is 0 Å². The molecule has 1 N–H and O–H groups in total. The standard InChI is InChI=1S/C19H22F2N2O/c1-12-8-9-15(13(2)10-12)11-23(4)14(3)19(24)22-18-16(20)6-5-7-17(18)21/h5-10,14H,11H2,1-4H3,(H,22,24). The molecule has 0 aliphatic heterocycles. The Hall–Kier alpha value is -2.27. The zero-order valence-corrected chi connectivity index (χ0v) is 14.4. The van der Waals surface area contributed by atoms with E-state index < -0.39 is 29.3 Å². The van der Waals surface area contributed by atoms with Crippen LogP contribution in [0.15, 0.2) is 36.4 Å². The lowest BCUT2D eigenvalue weighted by Gasteiger charge is -2.25. The number of para-hydroxylation sites is 1. The summed E-state index contributed by atoms with van der Waals surface area (Å²) in [6.45, 7) is 6.33. The van der Waals surface area contributed by atoms with Gasteiger partial charge in [-0.2, -0.15) is 0 Å². The second-order valence-corrected chi connectivity index (χ2v) is 6.11. The number of hydrogen-bond acceptors (Lipinski definition) is 2. The third kappa shape index (κ3) is 4.17. The minimum atomic E-state index is -0.785. The molecule has 0 spiro atoms. The summed E-state index contributed by atoms with van der Waals surface area (Å²) < 4.78 is 27.3. The highest BCUT2D eigenvalue weighted by Gasteiger charge is 2.21. The average molecular weight is 332 g/mol. The number of nitrogens with zero attached hydrogens (tertiary/aromatic N) is 1. The van der Waals surface area contributed by atoms with Gasteiger partial charge in [0.2, 0.25) is 5.91 Å². The molecular weight excluding hydrogens is 310 g/mol. The predicted octanol–water partition coefficient (Wildman–Crippen LogP) is 4.04. The Morgan fingerprint density at radius 1 is 1.17 bits per heavy atom. The van der Waals surface area contributed by atoms with Crippen LogP contribution in [0, 0.1) is 25.5 Å². The highest BCUT2D eigenvalue weighted by atomic mass is 19.1. The van der Waals surface area contributed by atoms with Crippen LogP contribution in [0.5, 0.6) is 0 Å². The van der Waals surface area contributed by atoms with Gasteiger partial charge in [0.15, 0.2) is 0 Å². The van der Waals surface area contributed by atoms with Gasteiger partial charge in [0.1, 0.15) is 17.3 Å². The number of carbonyl (C=O) groups is 1. The Morgan fingerprint density at radius 3 is 2.38 bits per heavy atom. The predicted molar refractivity (Wildman–Crippen MR) is 91.8 cm³/mol. The van der Waals surface area contributed by atoms with Crippen LogP contribution in [0.25, 0.3) is 0 Å². The summed E-state index contributed by atoms with van der Waals surface area (Å²) in [5.41, 5.74) is 3.03. The van der Waals surface area contributed by atoms with Crippen molar-refractivity contribution in [3.63, 3.8) is 0 Å². The second-order valence-electron chi connectivity index (χ2n) is 6.11. The number of carbonyl (C=O) groups excluding carboxylic acids is 1. The van der Waals surface area contributed by atoms with Crippen molar-refractivity contribution in [2.45, 2.75) is 33.4 Å². The summed E-state index contributed by atoms with van der Waals surface area (Å²) in [7, 11) is 1.81. The molecule has 128 valence electrons. The first-order valence-corrected chi connectivity index (χ1v) is 7.81. The van der Waals surface area contributed by atoms with E-state index in [4.69, 9.17) is 0 Å². The fourth-order valence-electron chi connectivity index (χ4n) is 2.47. The van der Waals surface area contributed by atoms with Gasteiger partial charge in [-0.15, -0.1) is 0 Å². The van der Waals surface area contributed by atoms with Crippen LogP contribution in [0.3, 0.4) is 0 Å². The van der Waals surface area contributed by atoms with E-state index in [2.05, 4.69) is 11.4 Å². The molecule has 1 atom stereocenters. The van der Waals surface area contributed by atoms with Crippen LogP contribution >= 0.6 is 0 Å². The average Bonchev–Trinajstić information content (AvgIpc) is 2.52. The molecule has 2 aromatic rings. The lowest BCUT2D eigenvalue weighted by atomic mass is 10.0. The summed E-state index contributed by atoms with van der Waals surface area (Å²) in [5, 5.41) is 2.34. The number of likely N-dealkylation sites (N-methyl/N-ethyl adjacent to an activating group) is 1. The van der Waals surface area contributed by atoms with Crippen molar-refractivity contribution in [2.75, 3.05) is 12.4 Å². The number of amides is 1. The van der Waals surface area contributed by atoms with Gasteiger partial charge in [-0.1, -0.05) is 29.8 Å². The van der Waals surface area contributed by atoms with Gasteiger partial charge in [-0.05, 0) is 51.1 Å². The Labute approximate surface area is 141 Å². The quantitative estimate of drug-likeness (QED) is 0.896. The van der Waals surface area contributed by atoms with Crippen molar-refractivity contribution < 1.29 is 13.6 Å². The van der Waals surface area contributed by atoms with Crippen LogP contribution in [-0.2, 0) is 11.3 Å². The number of rotatable bonds is 5. The van der Waals surface area contributed by atoms with Gasteiger partial charge in [-0.25, -0.2) is 8.78 Å². The number of anilines is 1. The topological polar surface area (TPSA) is 32.3 Å². The molecule has 2 aromatic carbocycles. The number of nitrogens with one attached hydrogen (secondary N) is 1. The molecule has 0 heterocycles. The monoisotopic (exact) mass is 332 g/mol. The number of halogens is 2. The fraction of sp³-hybridized carbons (Fsp3) is 0.316. The van der Waals surface area contributed by atoms with Crippen LogP contribution < -0.4 is 5.32 Å². The summed E-state index contributed by atoms with van der Waals surface area (Å²) in [6, 6.07) is 9.09. The fourth-order valence-corrected chi connectivity index (χ4v) is 2.47. The Balaban J connectivity index is 2.07. The van der Waals surface area contributed by atoms with Gasteiger partial charge in [0.25, 0.3) is 0 Å². The van der Waals surface area contributed by atoms with Gasteiger partial charge in [0.05, 0.1) is 6.04 Å². The SMILES string of the molecule is Cc1ccc(CN(C)C(C)C(=O)Nc2c(F)cccc2F)c(C)c1. The summed E-state index contributed by atoms with van der Waals surface area (Å²) in [4.78, 5) is 14.1. The minimum Gasteiger partial charge on any atom is -0.320 e. The number of hydrogen-bond donors (Lipinski definition) is 1. The van der Waals surface area contributed by atoms with E-state index in [1.54, 1.807) is 14.0 Å². The molecule has 0 saturated heterocycles. The largest absolute Gasteiger partial charge is 0.320 e. The molecule has 5 heteroatoms. The molecule has 0 radical (unpaired) electrons. The first-order valence-electron chi connectivity index (χ1n) is 7.81. The normalized spacial score (nSPS) is 12.3. The van der Waals surface area contributed by atoms with Crippen molar-refractivity contribution in [3.05, 3.63) is 64.7 Å². The molecule has 1 unspecified atom stereocenters. The van der Waals surface area contributed by atoms with Crippen molar-refractivity contribution in [3.8, 4) is 0 Å². The third-order valence-electron chi connectivity index (χ3n) is 4.17. The van der Waals surface area contributed by atoms with Gasteiger partial charge < -0.3 is 5.32 Å². The van der Waals surface area contributed by atoms with Gasteiger partial charge >= 0.3 is 0 Å². The Morgan fingerprint density at radius 2 is 1.79 bits per heavy atom. The van der Waals surface area contributed by atoms with E-state index in [-0.39, 0.29) is 0 Å². The maximum atomic E-state index is 13.6. The molecular formula is C19H22F2N2O. The third-order valence-corrected chi connectivity index (χ3v) is 4.17. The first-order chi connectivity index (χ1) is 11.3. The molecule has 3 nitrogen and oxygen atoms in total. The molecule has 0 aliphatic rings. The van der Waals surface area contributed by atoms with Crippen LogP contribution in [0.2, 0.25) is 0 Å². The number of benzene rings is 2. The molecule has 24 heavy (non-hydrogen) atoms. The van der Waals surface area contributed by atoms with Gasteiger partial charge in [0, 0.05) is 6.54 Å². The van der Waals surface area contributed by atoms with E-state index in [0.717, 1.165) is 23.3 Å². The summed E-state index contributed by atoms with van der Waals surface area (Å²) in [5.74, 6) is -2.02. The van der Waals surface area contributed by atoms with Crippen LogP contribution in [-0.4, -0.2) is 23.9 Å². The lowest BCUT2D eigenvalue weighted by Crippen LogP contribution is -2.39. The van der Waals surface area contributed by atoms with E-state index in [1.165, 1.54) is 11.6 Å². The molecule has 0 aliphatic carbocycles. The highest BCUT2D eigenvalue weighted by molar-refractivity contribution is 5.94. The van der Waals surface area contributed by atoms with E-state index in [0.29, 0.717) is 6.54 Å². The second kappa shape index (κ2) is 7.53.